The van der Waals surface area contributed by atoms with Crippen LogP contribution in [-0.2, 0) is 0 Å². The zero-order valence-corrected chi connectivity index (χ0v) is 27.0. The monoisotopic (exact) mass is 623 g/mol. The fourth-order valence-electron chi connectivity index (χ4n) is 7.25. The van der Waals surface area contributed by atoms with E-state index in [0.717, 1.165) is 17.1 Å². The Morgan fingerprint density at radius 3 is 1.59 bits per heavy atom. The Morgan fingerprint density at radius 1 is 0.265 bits per heavy atom. The summed E-state index contributed by atoms with van der Waals surface area (Å²) >= 11 is 0. The van der Waals surface area contributed by atoms with Crippen molar-refractivity contribution in [2.45, 2.75) is 0 Å². The molecular weight excluding hydrogens is 591 g/mol. The number of benzene rings is 9. The first-order valence-electron chi connectivity index (χ1n) is 16.8. The Bertz CT molecular complexity index is 2620. The molecule has 0 heterocycles. The summed E-state index contributed by atoms with van der Waals surface area (Å²) in [5.41, 5.74) is 10.5. The van der Waals surface area contributed by atoms with Crippen LogP contribution in [0.25, 0.3) is 65.7 Å². The third-order valence-corrected chi connectivity index (χ3v) is 9.60. The van der Waals surface area contributed by atoms with Gasteiger partial charge < -0.3 is 4.90 Å². The van der Waals surface area contributed by atoms with Gasteiger partial charge in [-0.15, -0.1) is 0 Å². The topological polar surface area (TPSA) is 3.24 Å². The second-order valence-electron chi connectivity index (χ2n) is 12.6. The molecule has 0 radical (unpaired) electrons. The number of para-hydroxylation sites is 1. The molecule has 0 spiro atoms. The number of anilines is 3. The molecule has 9 aromatic carbocycles. The van der Waals surface area contributed by atoms with Crippen LogP contribution < -0.4 is 4.90 Å². The minimum atomic E-state index is 1.11. The average Bonchev–Trinajstić information content (AvgIpc) is 3.18. The molecule has 0 bridgehead atoms. The molecule has 0 aliphatic rings. The van der Waals surface area contributed by atoms with Crippen LogP contribution in [-0.4, -0.2) is 0 Å². The largest absolute Gasteiger partial charge is 0.310 e. The summed E-state index contributed by atoms with van der Waals surface area (Å²) in [4.78, 5) is 2.43. The first kappa shape index (κ1) is 28.8. The van der Waals surface area contributed by atoms with Gasteiger partial charge in [-0.25, -0.2) is 0 Å². The second-order valence-corrected chi connectivity index (χ2v) is 12.6. The highest BCUT2D eigenvalue weighted by Gasteiger charge is 2.20. The Hall–Kier alpha value is -6.44. The molecule has 0 aliphatic carbocycles. The third-order valence-electron chi connectivity index (χ3n) is 9.60. The van der Waals surface area contributed by atoms with Crippen molar-refractivity contribution in [3.63, 3.8) is 0 Å². The molecule has 0 N–H and O–H groups in total. The summed E-state index contributed by atoms with van der Waals surface area (Å²) in [5, 5.41) is 7.51. The standard InChI is InChI=1S/C48H33N/c1-2-14-34(15-3-1)37-19-12-21-41(31-37)49(42-22-13-20-38(32-42)39-29-28-35-16-4-5-17-36(35)30-39)48-27-11-10-26-46(48)47-33-40-18-6-7-23-43(40)44-24-8-9-25-45(44)47/h1-33H. The van der Waals surface area contributed by atoms with Gasteiger partial charge >= 0.3 is 0 Å². The van der Waals surface area contributed by atoms with Gasteiger partial charge in [-0.05, 0) is 103 Å². The van der Waals surface area contributed by atoms with E-state index in [1.165, 1.54) is 65.7 Å². The molecule has 0 atom stereocenters. The normalized spacial score (nSPS) is 11.3. The van der Waals surface area contributed by atoms with Crippen molar-refractivity contribution < 1.29 is 0 Å². The fraction of sp³-hybridized carbons (Fsp3) is 0. The number of nitrogens with zero attached hydrogens (tertiary/aromatic N) is 1. The molecule has 9 aromatic rings. The molecule has 49 heavy (non-hydrogen) atoms. The quantitative estimate of drug-likeness (QED) is 0.167. The minimum absolute atomic E-state index is 1.11. The summed E-state index contributed by atoms with van der Waals surface area (Å²) in [7, 11) is 0. The van der Waals surface area contributed by atoms with Crippen LogP contribution in [0.2, 0.25) is 0 Å². The van der Waals surface area contributed by atoms with Gasteiger partial charge in [0.05, 0.1) is 5.69 Å². The van der Waals surface area contributed by atoms with Crippen molar-refractivity contribution in [3.8, 4) is 33.4 Å². The molecule has 0 amide bonds. The van der Waals surface area contributed by atoms with E-state index in [1.54, 1.807) is 0 Å². The molecule has 1 heteroatoms. The molecule has 0 aliphatic heterocycles. The lowest BCUT2D eigenvalue weighted by Gasteiger charge is -2.29. The van der Waals surface area contributed by atoms with Gasteiger partial charge in [0, 0.05) is 16.9 Å². The molecule has 0 unspecified atom stereocenters. The third kappa shape index (κ3) is 5.32. The highest BCUT2D eigenvalue weighted by molar-refractivity contribution is 6.15. The van der Waals surface area contributed by atoms with Crippen LogP contribution in [0.15, 0.2) is 200 Å². The maximum atomic E-state index is 2.43. The first-order chi connectivity index (χ1) is 24.3. The smallest absolute Gasteiger partial charge is 0.0540 e. The van der Waals surface area contributed by atoms with E-state index in [2.05, 4.69) is 205 Å². The predicted molar refractivity (Wildman–Crippen MR) is 210 cm³/mol. The van der Waals surface area contributed by atoms with Crippen molar-refractivity contribution in [2.75, 3.05) is 4.90 Å². The lowest BCUT2D eigenvalue weighted by atomic mass is 9.92. The van der Waals surface area contributed by atoms with Gasteiger partial charge in [-0.1, -0.05) is 158 Å². The zero-order chi connectivity index (χ0) is 32.6. The lowest BCUT2D eigenvalue weighted by molar-refractivity contribution is 1.28. The van der Waals surface area contributed by atoms with E-state index < -0.39 is 0 Å². The van der Waals surface area contributed by atoms with Gasteiger partial charge in [-0.3, -0.25) is 0 Å². The van der Waals surface area contributed by atoms with Gasteiger partial charge in [0.15, 0.2) is 0 Å². The summed E-state index contributed by atoms with van der Waals surface area (Å²) in [6.07, 6.45) is 0. The van der Waals surface area contributed by atoms with Gasteiger partial charge in [0.2, 0.25) is 0 Å². The average molecular weight is 624 g/mol. The second kappa shape index (κ2) is 12.3. The van der Waals surface area contributed by atoms with E-state index in [9.17, 15) is 0 Å². The van der Waals surface area contributed by atoms with E-state index in [1.807, 2.05) is 0 Å². The minimum Gasteiger partial charge on any atom is -0.310 e. The van der Waals surface area contributed by atoms with Crippen LogP contribution >= 0.6 is 0 Å². The molecule has 1 nitrogen and oxygen atoms in total. The number of rotatable bonds is 6. The van der Waals surface area contributed by atoms with Crippen LogP contribution in [0.4, 0.5) is 17.1 Å². The number of fused-ring (bicyclic) bond motifs is 4. The molecule has 0 fully saturated rings. The Morgan fingerprint density at radius 2 is 0.816 bits per heavy atom. The van der Waals surface area contributed by atoms with Crippen molar-refractivity contribution in [1.82, 2.24) is 0 Å². The molecule has 0 saturated carbocycles. The lowest BCUT2D eigenvalue weighted by Crippen LogP contribution is -2.11. The van der Waals surface area contributed by atoms with E-state index >= 15 is 0 Å². The van der Waals surface area contributed by atoms with Gasteiger partial charge in [0.25, 0.3) is 0 Å². The van der Waals surface area contributed by atoms with E-state index in [0.29, 0.717) is 0 Å². The highest BCUT2D eigenvalue weighted by atomic mass is 15.1. The van der Waals surface area contributed by atoms with Crippen molar-refractivity contribution in [1.29, 1.82) is 0 Å². The number of hydrogen-bond donors (Lipinski definition) is 0. The highest BCUT2D eigenvalue weighted by Crippen LogP contribution is 2.45. The van der Waals surface area contributed by atoms with Crippen molar-refractivity contribution in [3.05, 3.63) is 200 Å². The molecule has 0 saturated heterocycles. The maximum Gasteiger partial charge on any atom is 0.0540 e. The zero-order valence-electron chi connectivity index (χ0n) is 27.0. The summed E-state index contributed by atoms with van der Waals surface area (Å²) in [5.74, 6) is 0. The van der Waals surface area contributed by atoms with Crippen LogP contribution in [0.5, 0.6) is 0 Å². The Kier molecular flexibility index (Phi) is 7.22. The first-order valence-corrected chi connectivity index (χ1v) is 16.8. The van der Waals surface area contributed by atoms with Crippen LogP contribution in [0.3, 0.4) is 0 Å². The van der Waals surface area contributed by atoms with Gasteiger partial charge in [-0.2, -0.15) is 0 Å². The van der Waals surface area contributed by atoms with Gasteiger partial charge in [0.1, 0.15) is 0 Å². The predicted octanol–water partition coefficient (Wildman–Crippen LogP) is 13.6. The number of hydrogen-bond acceptors (Lipinski definition) is 1. The maximum absolute atomic E-state index is 2.43. The van der Waals surface area contributed by atoms with Crippen molar-refractivity contribution in [2.24, 2.45) is 0 Å². The van der Waals surface area contributed by atoms with Crippen LogP contribution in [0.1, 0.15) is 0 Å². The van der Waals surface area contributed by atoms with Crippen molar-refractivity contribution >= 4 is 49.4 Å². The molecule has 0 aromatic heterocycles. The fourth-order valence-corrected chi connectivity index (χ4v) is 7.25. The summed E-state index contributed by atoms with van der Waals surface area (Å²) < 4.78 is 0. The molecular formula is C48H33N. The van der Waals surface area contributed by atoms with E-state index in [4.69, 9.17) is 0 Å². The SMILES string of the molecule is c1ccc(-c2cccc(N(c3cccc(-c4ccc5ccccc5c4)c3)c3ccccc3-c3cc4ccccc4c4ccccc34)c2)cc1. The molecule has 9 rings (SSSR count). The summed E-state index contributed by atoms with van der Waals surface area (Å²) in [6.45, 7) is 0. The summed E-state index contributed by atoms with van der Waals surface area (Å²) in [6, 6.07) is 72.5. The van der Waals surface area contributed by atoms with Crippen LogP contribution in [0, 0.1) is 0 Å². The molecule has 230 valence electrons. The Labute approximate surface area is 287 Å². The Balaban J connectivity index is 1.28. The van der Waals surface area contributed by atoms with E-state index in [-0.39, 0.29) is 0 Å².